The Morgan fingerprint density at radius 1 is 1.10 bits per heavy atom. The minimum absolute atomic E-state index is 0.0866. The number of hydrogen-bond donors (Lipinski definition) is 2. The lowest BCUT2D eigenvalue weighted by molar-refractivity contribution is -0.120. The van der Waals surface area contributed by atoms with E-state index in [1.165, 1.54) is 0 Å². The standard InChI is InChI=1S/C26H33N3O2/c1-31-23-7-6-18-15-20(5-4-19(18)16-23)25(27)21-3-2-14-29(17-21)22-8-11-26(12-9-22)13-10-24(30)28-26/h4-7,15-16,21-22,27H,2-3,8-14,17H2,1H3,(H,28,30). The van der Waals surface area contributed by atoms with Gasteiger partial charge in [-0.15, -0.1) is 0 Å². The summed E-state index contributed by atoms with van der Waals surface area (Å²) in [7, 11) is 1.69. The van der Waals surface area contributed by atoms with Crippen molar-refractivity contribution in [3.8, 4) is 5.75 Å². The molecule has 5 rings (SSSR count). The van der Waals surface area contributed by atoms with Gasteiger partial charge in [-0.1, -0.05) is 18.2 Å². The topological polar surface area (TPSA) is 65.4 Å². The fourth-order valence-corrected chi connectivity index (χ4v) is 6.00. The van der Waals surface area contributed by atoms with Gasteiger partial charge >= 0.3 is 0 Å². The molecule has 0 bridgehead atoms. The molecule has 2 heterocycles. The van der Waals surface area contributed by atoms with E-state index in [9.17, 15) is 4.79 Å². The number of hydrogen-bond acceptors (Lipinski definition) is 4. The molecule has 2 aromatic carbocycles. The van der Waals surface area contributed by atoms with Crippen LogP contribution in [0.25, 0.3) is 10.8 Å². The van der Waals surface area contributed by atoms with Gasteiger partial charge in [-0.2, -0.15) is 0 Å². The number of methoxy groups -OCH3 is 1. The third-order valence-electron chi connectivity index (χ3n) is 7.88. The molecular weight excluding hydrogens is 386 g/mol. The van der Waals surface area contributed by atoms with Gasteiger partial charge in [0.1, 0.15) is 5.75 Å². The van der Waals surface area contributed by atoms with Gasteiger partial charge in [0.05, 0.1) is 7.11 Å². The maximum absolute atomic E-state index is 11.7. The lowest BCUT2D eigenvalue weighted by atomic mass is 9.77. The van der Waals surface area contributed by atoms with Crippen molar-refractivity contribution in [3.63, 3.8) is 0 Å². The summed E-state index contributed by atoms with van der Waals surface area (Å²) in [6.45, 7) is 2.13. The molecule has 164 valence electrons. The van der Waals surface area contributed by atoms with Gasteiger partial charge in [0.2, 0.25) is 5.91 Å². The normalized spacial score (nSPS) is 29.3. The van der Waals surface area contributed by atoms with Crippen LogP contribution in [-0.4, -0.2) is 48.3 Å². The Hall–Kier alpha value is -2.40. The summed E-state index contributed by atoms with van der Waals surface area (Å²) >= 11 is 0. The van der Waals surface area contributed by atoms with Crippen LogP contribution < -0.4 is 10.1 Å². The summed E-state index contributed by atoms with van der Waals surface area (Å²) in [5, 5.41) is 14.5. The minimum Gasteiger partial charge on any atom is -0.497 e. The van der Waals surface area contributed by atoms with E-state index < -0.39 is 0 Å². The highest BCUT2D eigenvalue weighted by Gasteiger charge is 2.42. The highest BCUT2D eigenvalue weighted by molar-refractivity contribution is 6.03. The molecule has 5 nitrogen and oxygen atoms in total. The predicted molar refractivity (Wildman–Crippen MR) is 124 cm³/mol. The van der Waals surface area contributed by atoms with Gasteiger partial charge in [-0.25, -0.2) is 0 Å². The second-order valence-electron chi connectivity index (χ2n) is 9.74. The highest BCUT2D eigenvalue weighted by atomic mass is 16.5. The van der Waals surface area contributed by atoms with Crippen LogP contribution >= 0.6 is 0 Å². The van der Waals surface area contributed by atoms with Crippen LogP contribution in [0.4, 0.5) is 0 Å². The summed E-state index contributed by atoms with van der Waals surface area (Å²) < 4.78 is 5.33. The van der Waals surface area contributed by atoms with E-state index >= 15 is 0 Å². The fraction of sp³-hybridized carbons (Fsp3) is 0.538. The number of benzene rings is 2. The van der Waals surface area contributed by atoms with Crippen molar-refractivity contribution >= 4 is 22.4 Å². The number of piperidine rings is 1. The summed E-state index contributed by atoms with van der Waals surface area (Å²) in [5.74, 6) is 1.40. The molecule has 2 aromatic rings. The number of nitrogens with one attached hydrogen (secondary N) is 2. The van der Waals surface area contributed by atoms with Gasteiger partial charge < -0.3 is 15.5 Å². The van der Waals surface area contributed by atoms with Crippen molar-refractivity contribution in [2.24, 2.45) is 5.92 Å². The van der Waals surface area contributed by atoms with E-state index in [4.69, 9.17) is 10.1 Å². The first-order chi connectivity index (χ1) is 15.0. The van der Waals surface area contributed by atoms with Crippen LogP contribution in [0.3, 0.4) is 0 Å². The Balaban J connectivity index is 1.24. The third-order valence-corrected chi connectivity index (χ3v) is 7.88. The Kier molecular flexibility index (Phi) is 5.47. The molecule has 2 N–H and O–H groups in total. The second-order valence-corrected chi connectivity index (χ2v) is 9.74. The summed E-state index contributed by atoms with van der Waals surface area (Å²) in [4.78, 5) is 14.4. The number of amides is 1. The molecule has 1 saturated carbocycles. The molecule has 0 radical (unpaired) electrons. The molecule has 3 aliphatic rings. The van der Waals surface area contributed by atoms with Crippen molar-refractivity contribution in [1.29, 1.82) is 5.41 Å². The van der Waals surface area contributed by atoms with Gasteiger partial charge in [-0.3, -0.25) is 9.69 Å². The quantitative estimate of drug-likeness (QED) is 0.716. The number of ether oxygens (including phenoxy) is 1. The maximum Gasteiger partial charge on any atom is 0.220 e. The molecule has 1 aliphatic carbocycles. The third kappa shape index (κ3) is 4.08. The molecule has 31 heavy (non-hydrogen) atoms. The predicted octanol–water partition coefficient (Wildman–Crippen LogP) is 4.52. The summed E-state index contributed by atoms with van der Waals surface area (Å²) in [6, 6.07) is 13.1. The van der Waals surface area contributed by atoms with Crippen LogP contribution in [0.5, 0.6) is 5.75 Å². The summed E-state index contributed by atoms with van der Waals surface area (Å²) in [6.07, 6.45) is 8.52. The van der Waals surface area contributed by atoms with Crippen LogP contribution in [0.1, 0.15) is 56.9 Å². The molecular formula is C26H33N3O2. The van der Waals surface area contributed by atoms with E-state index in [1.54, 1.807) is 7.11 Å². The van der Waals surface area contributed by atoms with Crippen LogP contribution in [0.2, 0.25) is 0 Å². The van der Waals surface area contributed by atoms with E-state index in [0.29, 0.717) is 18.4 Å². The maximum atomic E-state index is 11.7. The first-order valence-corrected chi connectivity index (χ1v) is 11.8. The zero-order valence-electron chi connectivity index (χ0n) is 18.5. The number of fused-ring (bicyclic) bond motifs is 1. The highest BCUT2D eigenvalue weighted by Crippen LogP contribution is 2.38. The van der Waals surface area contributed by atoms with Crippen molar-refractivity contribution in [1.82, 2.24) is 10.2 Å². The van der Waals surface area contributed by atoms with Gasteiger partial charge in [0.25, 0.3) is 0 Å². The van der Waals surface area contributed by atoms with Gasteiger partial charge in [0.15, 0.2) is 0 Å². The van der Waals surface area contributed by atoms with Crippen molar-refractivity contribution in [2.45, 2.75) is 62.9 Å². The van der Waals surface area contributed by atoms with Crippen molar-refractivity contribution in [3.05, 3.63) is 42.0 Å². The second kappa shape index (κ2) is 8.27. The summed E-state index contributed by atoms with van der Waals surface area (Å²) in [5.41, 5.74) is 1.90. The molecule has 1 atom stereocenters. The first-order valence-electron chi connectivity index (χ1n) is 11.8. The van der Waals surface area contributed by atoms with Crippen LogP contribution in [0, 0.1) is 11.3 Å². The molecule has 2 saturated heterocycles. The minimum atomic E-state index is 0.0866. The largest absolute Gasteiger partial charge is 0.497 e. The van der Waals surface area contributed by atoms with Gasteiger partial charge in [-0.05, 0) is 86.0 Å². The Labute approximate surface area is 184 Å². The molecule has 1 spiro atoms. The number of likely N-dealkylation sites (tertiary alicyclic amines) is 1. The zero-order valence-corrected chi connectivity index (χ0v) is 18.5. The number of carbonyl (C=O) groups is 1. The SMILES string of the molecule is COc1ccc2cc(C(=N)C3CCCN(C4CCC5(CCC(=O)N5)CC4)C3)ccc2c1. The van der Waals surface area contributed by atoms with E-state index in [2.05, 4.69) is 34.5 Å². The Morgan fingerprint density at radius 3 is 2.61 bits per heavy atom. The smallest absolute Gasteiger partial charge is 0.220 e. The molecule has 2 aliphatic heterocycles. The van der Waals surface area contributed by atoms with Crippen LogP contribution in [-0.2, 0) is 4.79 Å². The molecule has 0 aromatic heterocycles. The van der Waals surface area contributed by atoms with E-state index in [-0.39, 0.29) is 11.4 Å². The molecule has 5 heteroatoms. The lowest BCUT2D eigenvalue weighted by Crippen LogP contribution is -2.51. The van der Waals surface area contributed by atoms with Crippen LogP contribution in [0.15, 0.2) is 36.4 Å². The monoisotopic (exact) mass is 419 g/mol. The molecule has 1 amide bonds. The van der Waals surface area contributed by atoms with Crippen molar-refractivity contribution in [2.75, 3.05) is 20.2 Å². The number of carbonyl (C=O) groups excluding carboxylic acids is 1. The average molecular weight is 420 g/mol. The molecule has 1 unspecified atom stereocenters. The number of rotatable bonds is 4. The average Bonchev–Trinajstić information content (AvgIpc) is 3.18. The first kappa shape index (κ1) is 20.5. The van der Waals surface area contributed by atoms with Gasteiger partial charge in [0, 0.05) is 36.2 Å². The number of nitrogens with zero attached hydrogens (tertiary/aromatic N) is 1. The Morgan fingerprint density at radius 2 is 1.87 bits per heavy atom. The lowest BCUT2D eigenvalue weighted by Gasteiger charge is -2.44. The fourth-order valence-electron chi connectivity index (χ4n) is 6.00. The zero-order chi connectivity index (χ0) is 21.4. The Bertz CT molecular complexity index is 993. The molecule has 3 fully saturated rings. The van der Waals surface area contributed by atoms with E-state index in [1.807, 2.05) is 12.1 Å². The van der Waals surface area contributed by atoms with E-state index in [0.717, 1.165) is 85.8 Å². The van der Waals surface area contributed by atoms with Crippen molar-refractivity contribution < 1.29 is 9.53 Å².